The number of carbonyl (C=O) groups excluding carboxylic acids is 2. The summed E-state index contributed by atoms with van der Waals surface area (Å²) >= 11 is 0. The fourth-order valence-corrected chi connectivity index (χ4v) is 6.36. The number of carbonyl (C=O) groups is 2. The highest BCUT2D eigenvalue weighted by atomic mass is 32.2. The minimum Gasteiger partial charge on any atom is -0.352 e. The minimum atomic E-state index is -4.04. The normalized spacial score (nSPS) is 14.5. The van der Waals surface area contributed by atoms with Crippen molar-refractivity contribution in [3.8, 4) is 0 Å². The molecule has 0 unspecified atom stereocenters. The lowest BCUT2D eigenvalue weighted by atomic mass is 10.1. The van der Waals surface area contributed by atoms with Crippen molar-refractivity contribution < 1.29 is 18.0 Å². The molecule has 1 fully saturated rings. The van der Waals surface area contributed by atoms with Gasteiger partial charge in [-0.3, -0.25) is 13.9 Å². The molecule has 8 heteroatoms. The molecule has 7 nitrogen and oxygen atoms in total. The zero-order chi connectivity index (χ0) is 27.8. The SMILES string of the molecule is Cc1ccc(N(CC(=O)N(CCc2ccccc2)[C@H](C)C(=O)NC2CCCC2)S(=O)(=O)c2ccccc2)cc1. The molecule has 1 N–H and O–H groups in total. The highest BCUT2D eigenvalue weighted by molar-refractivity contribution is 7.92. The van der Waals surface area contributed by atoms with Crippen molar-refractivity contribution in [1.82, 2.24) is 10.2 Å². The van der Waals surface area contributed by atoms with Crippen molar-refractivity contribution in [2.45, 2.75) is 62.9 Å². The molecular weight excluding hydrogens is 510 g/mol. The number of rotatable bonds is 11. The van der Waals surface area contributed by atoms with Gasteiger partial charge in [-0.25, -0.2) is 8.42 Å². The predicted octanol–water partition coefficient (Wildman–Crippen LogP) is 4.71. The monoisotopic (exact) mass is 547 g/mol. The van der Waals surface area contributed by atoms with Crippen LogP contribution in [0.25, 0.3) is 0 Å². The van der Waals surface area contributed by atoms with Crippen LogP contribution in [0, 0.1) is 6.92 Å². The third-order valence-corrected chi connectivity index (χ3v) is 9.07. The van der Waals surface area contributed by atoms with E-state index in [0.717, 1.165) is 41.1 Å². The van der Waals surface area contributed by atoms with Crippen molar-refractivity contribution in [1.29, 1.82) is 0 Å². The van der Waals surface area contributed by atoms with Crippen LogP contribution in [0.4, 0.5) is 5.69 Å². The number of nitrogens with one attached hydrogen (secondary N) is 1. The molecule has 39 heavy (non-hydrogen) atoms. The Morgan fingerprint density at radius 2 is 1.49 bits per heavy atom. The average Bonchev–Trinajstić information content (AvgIpc) is 3.46. The number of nitrogens with zero attached hydrogens (tertiary/aromatic N) is 2. The van der Waals surface area contributed by atoms with E-state index < -0.39 is 28.5 Å². The number of hydrogen-bond donors (Lipinski definition) is 1. The zero-order valence-corrected chi connectivity index (χ0v) is 23.4. The largest absolute Gasteiger partial charge is 0.352 e. The molecular formula is C31H37N3O4S. The van der Waals surface area contributed by atoms with Crippen LogP contribution < -0.4 is 9.62 Å². The van der Waals surface area contributed by atoms with Gasteiger partial charge in [0.25, 0.3) is 10.0 Å². The van der Waals surface area contributed by atoms with Crippen molar-refractivity contribution in [2.75, 3.05) is 17.4 Å². The van der Waals surface area contributed by atoms with E-state index in [1.165, 1.54) is 17.0 Å². The van der Waals surface area contributed by atoms with E-state index in [4.69, 9.17) is 0 Å². The highest BCUT2D eigenvalue weighted by Crippen LogP contribution is 2.25. The lowest BCUT2D eigenvalue weighted by molar-refractivity contribution is -0.139. The lowest BCUT2D eigenvalue weighted by Gasteiger charge is -2.32. The summed E-state index contributed by atoms with van der Waals surface area (Å²) in [6.07, 6.45) is 4.58. The first-order valence-corrected chi connectivity index (χ1v) is 15.0. The van der Waals surface area contributed by atoms with E-state index in [2.05, 4.69) is 5.32 Å². The molecule has 1 saturated carbocycles. The minimum absolute atomic E-state index is 0.0984. The van der Waals surface area contributed by atoms with Crippen LogP contribution in [0.3, 0.4) is 0 Å². The summed E-state index contributed by atoms with van der Waals surface area (Å²) in [6, 6.07) is 24.3. The molecule has 0 radical (unpaired) electrons. The Balaban J connectivity index is 1.62. The molecule has 0 saturated heterocycles. The number of anilines is 1. The molecule has 0 aliphatic heterocycles. The van der Waals surface area contributed by atoms with E-state index in [-0.39, 0.29) is 23.4 Å². The molecule has 2 amide bonds. The van der Waals surface area contributed by atoms with E-state index in [9.17, 15) is 18.0 Å². The van der Waals surface area contributed by atoms with Gasteiger partial charge >= 0.3 is 0 Å². The lowest BCUT2D eigenvalue weighted by Crippen LogP contribution is -2.53. The summed E-state index contributed by atoms with van der Waals surface area (Å²) in [5.41, 5.74) is 2.40. The summed E-state index contributed by atoms with van der Waals surface area (Å²) in [5, 5.41) is 3.09. The van der Waals surface area contributed by atoms with Crippen LogP contribution in [-0.2, 0) is 26.0 Å². The Morgan fingerprint density at radius 3 is 2.10 bits per heavy atom. The Labute approximate surface area is 231 Å². The summed E-state index contributed by atoms with van der Waals surface area (Å²) in [5.74, 6) is -0.642. The van der Waals surface area contributed by atoms with Gasteiger partial charge in [-0.2, -0.15) is 0 Å². The van der Waals surface area contributed by atoms with Crippen LogP contribution in [0.15, 0.2) is 89.8 Å². The maximum atomic E-state index is 13.9. The molecule has 0 heterocycles. The van der Waals surface area contributed by atoms with Crippen LogP contribution in [0.5, 0.6) is 0 Å². The van der Waals surface area contributed by atoms with Crippen molar-refractivity contribution in [2.24, 2.45) is 0 Å². The van der Waals surface area contributed by atoms with Gasteiger partial charge in [0.15, 0.2) is 0 Å². The molecule has 0 bridgehead atoms. The topological polar surface area (TPSA) is 86.8 Å². The summed E-state index contributed by atoms with van der Waals surface area (Å²) < 4.78 is 28.7. The second-order valence-corrected chi connectivity index (χ2v) is 12.0. The van der Waals surface area contributed by atoms with Crippen molar-refractivity contribution in [3.63, 3.8) is 0 Å². The van der Waals surface area contributed by atoms with Crippen molar-refractivity contribution >= 4 is 27.5 Å². The summed E-state index contributed by atoms with van der Waals surface area (Å²) in [7, 11) is -4.04. The standard InChI is InChI=1S/C31H37N3O4S/c1-24-17-19-28(20-18-24)34(39(37,38)29-15-7-4-8-16-29)23-30(35)33(22-21-26-11-5-3-6-12-26)25(2)31(36)32-27-13-9-10-14-27/h3-8,11-12,15-20,25,27H,9-10,13-14,21-23H2,1-2H3,(H,32,36)/t25-/m1/s1. The van der Waals surface area contributed by atoms with Crippen LogP contribution in [-0.4, -0.2) is 50.3 Å². The van der Waals surface area contributed by atoms with E-state index in [0.29, 0.717) is 12.1 Å². The number of sulfonamides is 1. The van der Waals surface area contributed by atoms with Gasteiger partial charge in [-0.15, -0.1) is 0 Å². The quantitative estimate of drug-likeness (QED) is 0.377. The molecule has 0 spiro atoms. The van der Waals surface area contributed by atoms with Crippen LogP contribution >= 0.6 is 0 Å². The number of hydrogen-bond acceptors (Lipinski definition) is 4. The van der Waals surface area contributed by atoms with Gasteiger partial charge in [-0.1, -0.05) is 79.1 Å². The molecule has 0 aromatic heterocycles. The second-order valence-electron chi connectivity index (χ2n) is 10.1. The molecule has 1 atom stereocenters. The van der Waals surface area contributed by atoms with E-state index >= 15 is 0 Å². The fourth-order valence-electron chi connectivity index (χ4n) is 4.92. The van der Waals surface area contributed by atoms with E-state index in [1.807, 2.05) is 49.4 Å². The van der Waals surface area contributed by atoms with Crippen molar-refractivity contribution in [3.05, 3.63) is 96.1 Å². The smallest absolute Gasteiger partial charge is 0.264 e. The maximum absolute atomic E-state index is 13.9. The van der Waals surface area contributed by atoms with Gasteiger partial charge in [0.05, 0.1) is 10.6 Å². The van der Waals surface area contributed by atoms with Gasteiger partial charge in [-0.05, 0) is 62.9 Å². The number of aryl methyl sites for hydroxylation is 1. The molecule has 3 aromatic rings. The summed E-state index contributed by atoms with van der Waals surface area (Å²) in [4.78, 5) is 28.8. The highest BCUT2D eigenvalue weighted by Gasteiger charge is 2.33. The number of benzene rings is 3. The van der Waals surface area contributed by atoms with Crippen LogP contribution in [0.2, 0.25) is 0 Å². The Kier molecular flexibility index (Phi) is 9.41. The zero-order valence-electron chi connectivity index (χ0n) is 22.6. The second kappa shape index (κ2) is 12.9. The van der Waals surface area contributed by atoms with Gasteiger partial charge in [0, 0.05) is 12.6 Å². The Hall–Kier alpha value is -3.65. The Bertz CT molecular complexity index is 1340. The Morgan fingerprint density at radius 1 is 0.897 bits per heavy atom. The summed E-state index contributed by atoms with van der Waals surface area (Å²) in [6.45, 7) is 3.50. The van der Waals surface area contributed by atoms with Gasteiger partial charge in [0.1, 0.15) is 12.6 Å². The first kappa shape index (κ1) is 28.4. The van der Waals surface area contributed by atoms with Gasteiger partial charge < -0.3 is 10.2 Å². The molecule has 206 valence electrons. The number of amides is 2. The fraction of sp³-hybridized carbons (Fsp3) is 0.355. The third-order valence-electron chi connectivity index (χ3n) is 7.29. The maximum Gasteiger partial charge on any atom is 0.264 e. The van der Waals surface area contributed by atoms with Gasteiger partial charge in [0.2, 0.25) is 11.8 Å². The predicted molar refractivity (Wildman–Crippen MR) is 154 cm³/mol. The first-order valence-electron chi connectivity index (χ1n) is 13.5. The van der Waals surface area contributed by atoms with Crippen LogP contribution in [0.1, 0.15) is 43.7 Å². The third kappa shape index (κ3) is 7.26. The first-order chi connectivity index (χ1) is 18.8. The molecule has 3 aromatic carbocycles. The molecule has 1 aliphatic rings. The van der Waals surface area contributed by atoms with E-state index in [1.54, 1.807) is 37.3 Å². The average molecular weight is 548 g/mol. The molecule has 4 rings (SSSR count). The molecule has 1 aliphatic carbocycles.